The summed E-state index contributed by atoms with van der Waals surface area (Å²) in [5.74, 6) is -0.292. The van der Waals surface area contributed by atoms with Crippen LogP contribution in [0.2, 0.25) is 0 Å². The SMILES string of the molecule is CC(C)N[C@@H](NC(=O)c1ccccc1)C(Cl)(Cl)Cl. The van der Waals surface area contributed by atoms with E-state index in [9.17, 15) is 4.79 Å². The van der Waals surface area contributed by atoms with Crippen molar-refractivity contribution >= 4 is 40.7 Å². The quantitative estimate of drug-likeness (QED) is 0.663. The predicted octanol–water partition coefficient (Wildman–Crippen LogP) is 3.11. The van der Waals surface area contributed by atoms with Crippen LogP contribution in [0.4, 0.5) is 0 Å². The molecule has 0 unspecified atom stereocenters. The second-order valence-electron chi connectivity index (χ2n) is 4.14. The summed E-state index contributed by atoms with van der Waals surface area (Å²) in [4.78, 5) is 12.0. The molecule has 2 N–H and O–H groups in total. The number of hydrogen-bond acceptors (Lipinski definition) is 2. The molecular formula is C12H15Cl3N2O. The number of halogens is 3. The van der Waals surface area contributed by atoms with E-state index in [-0.39, 0.29) is 11.9 Å². The number of rotatable bonds is 4. The Balaban J connectivity index is 2.75. The molecule has 6 heteroatoms. The van der Waals surface area contributed by atoms with E-state index in [1.165, 1.54) is 0 Å². The summed E-state index contributed by atoms with van der Waals surface area (Å²) < 4.78 is -1.62. The van der Waals surface area contributed by atoms with Gasteiger partial charge in [-0.15, -0.1) is 0 Å². The van der Waals surface area contributed by atoms with Gasteiger partial charge < -0.3 is 5.32 Å². The second-order valence-corrected chi connectivity index (χ2v) is 6.50. The molecule has 0 bridgehead atoms. The van der Waals surface area contributed by atoms with E-state index in [1.807, 2.05) is 19.9 Å². The first kappa shape index (κ1) is 15.6. The van der Waals surface area contributed by atoms with Crippen molar-refractivity contribution in [2.45, 2.75) is 29.8 Å². The molecule has 0 aliphatic carbocycles. The molecule has 1 aromatic carbocycles. The van der Waals surface area contributed by atoms with Crippen molar-refractivity contribution in [2.24, 2.45) is 0 Å². The third-order valence-electron chi connectivity index (χ3n) is 2.14. The zero-order valence-electron chi connectivity index (χ0n) is 10.1. The number of carbonyl (C=O) groups is 1. The number of amides is 1. The van der Waals surface area contributed by atoms with Gasteiger partial charge in [-0.05, 0) is 26.0 Å². The maximum absolute atomic E-state index is 12.0. The molecule has 0 fully saturated rings. The fraction of sp³-hybridized carbons (Fsp3) is 0.417. The minimum Gasteiger partial charge on any atom is -0.333 e. The molecule has 1 atom stereocenters. The monoisotopic (exact) mass is 308 g/mol. The van der Waals surface area contributed by atoms with E-state index in [1.54, 1.807) is 24.3 Å². The Bertz CT molecular complexity index is 390. The Kier molecular flexibility index (Phi) is 5.73. The molecule has 0 aliphatic heterocycles. The molecule has 18 heavy (non-hydrogen) atoms. The highest BCUT2D eigenvalue weighted by Crippen LogP contribution is 2.29. The van der Waals surface area contributed by atoms with Gasteiger partial charge in [-0.25, -0.2) is 0 Å². The van der Waals surface area contributed by atoms with Crippen LogP contribution in [0.25, 0.3) is 0 Å². The lowest BCUT2D eigenvalue weighted by atomic mass is 10.2. The summed E-state index contributed by atoms with van der Waals surface area (Å²) >= 11 is 17.5. The van der Waals surface area contributed by atoms with Crippen LogP contribution in [0, 0.1) is 0 Å². The van der Waals surface area contributed by atoms with Gasteiger partial charge in [0.25, 0.3) is 5.91 Å². The van der Waals surface area contributed by atoms with Gasteiger partial charge in [0.15, 0.2) is 0 Å². The minimum atomic E-state index is -1.62. The molecule has 0 heterocycles. The summed E-state index contributed by atoms with van der Waals surface area (Å²) in [5.41, 5.74) is 0.516. The molecule has 1 amide bonds. The first-order valence-electron chi connectivity index (χ1n) is 5.49. The lowest BCUT2D eigenvalue weighted by Gasteiger charge is -2.28. The highest BCUT2D eigenvalue weighted by Gasteiger charge is 2.34. The lowest BCUT2D eigenvalue weighted by Crippen LogP contribution is -2.55. The molecule has 0 saturated carbocycles. The molecule has 0 aliphatic rings. The zero-order chi connectivity index (χ0) is 13.8. The maximum Gasteiger partial charge on any atom is 0.252 e. The summed E-state index contributed by atoms with van der Waals surface area (Å²) in [6, 6.07) is 8.84. The van der Waals surface area contributed by atoms with Crippen LogP contribution in [0.15, 0.2) is 30.3 Å². The Labute approximate surface area is 122 Å². The van der Waals surface area contributed by atoms with Crippen molar-refractivity contribution in [1.82, 2.24) is 10.6 Å². The summed E-state index contributed by atoms with van der Waals surface area (Å²) in [6.45, 7) is 3.80. The van der Waals surface area contributed by atoms with Crippen molar-refractivity contribution < 1.29 is 4.79 Å². The fourth-order valence-corrected chi connectivity index (χ4v) is 1.71. The summed E-state index contributed by atoms with van der Waals surface area (Å²) in [5, 5.41) is 5.65. The third-order valence-corrected chi connectivity index (χ3v) is 2.79. The number of benzene rings is 1. The van der Waals surface area contributed by atoms with E-state index in [2.05, 4.69) is 10.6 Å². The molecule has 1 rings (SSSR count). The third kappa shape index (κ3) is 5.02. The van der Waals surface area contributed by atoms with Gasteiger partial charge in [0, 0.05) is 11.6 Å². The van der Waals surface area contributed by atoms with Crippen molar-refractivity contribution in [2.75, 3.05) is 0 Å². The van der Waals surface area contributed by atoms with Crippen molar-refractivity contribution in [1.29, 1.82) is 0 Å². The van der Waals surface area contributed by atoms with Gasteiger partial charge in [-0.1, -0.05) is 53.0 Å². The molecule has 0 saturated heterocycles. The normalized spacial score (nSPS) is 13.4. The molecule has 0 spiro atoms. The number of carbonyl (C=O) groups excluding carboxylic acids is 1. The van der Waals surface area contributed by atoms with Crippen LogP contribution < -0.4 is 10.6 Å². The predicted molar refractivity (Wildman–Crippen MR) is 76.3 cm³/mol. The van der Waals surface area contributed by atoms with E-state index in [0.29, 0.717) is 5.56 Å². The summed E-state index contributed by atoms with van der Waals surface area (Å²) in [7, 11) is 0. The first-order valence-corrected chi connectivity index (χ1v) is 6.63. The average molecular weight is 310 g/mol. The maximum atomic E-state index is 12.0. The zero-order valence-corrected chi connectivity index (χ0v) is 12.4. The summed E-state index contributed by atoms with van der Waals surface area (Å²) in [6.07, 6.45) is -0.754. The number of hydrogen-bond donors (Lipinski definition) is 2. The van der Waals surface area contributed by atoms with Crippen LogP contribution >= 0.6 is 34.8 Å². The molecule has 3 nitrogen and oxygen atoms in total. The van der Waals surface area contributed by atoms with Crippen LogP contribution in [0.5, 0.6) is 0 Å². The van der Waals surface area contributed by atoms with E-state index >= 15 is 0 Å². The number of alkyl halides is 3. The van der Waals surface area contributed by atoms with E-state index in [4.69, 9.17) is 34.8 Å². The van der Waals surface area contributed by atoms with Gasteiger partial charge in [0.1, 0.15) is 6.17 Å². The van der Waals surface area contributed by atoms with Crippen molar-refractivity contribution in [3.8, 4) is 0 Å². The van der Waals surface area contributed by atoms with Crippen LogP contribution in [0.3, 0.4) is 0 Å². The second kappa shape index (κ2) is 6.62. The van der Waals surface area contributed by atoms with Gasteiger partial charge >= 0.3 is 0 Å². The van der Waals surface area contributed by atoms with Crippen LogP contribution in [-0.2, 0) is 0 Å². The van der Waals surface area contributed by atoms with Crippen LogP contribution in [0.1, 0.15) is 24.2 Å². The van der Waals surface area contributed by atoms with Gasteiger partial charge in [-0.2, -0.15) is 0 Å². The molecule has 0 aromatic heterocycles. The van der Waals surface area contributed by atoms with Crippen molar-refractivity contribution in [3.63, 3.8) is 0 Å². The number of nitrogens with one attached hydrogen (secondary N) is 2. The Morgan fingerprint density at radius 1 is 1.17 bits per heavy atom. The lowest BCUT2D eigenvalue weighted by molar-refractivity contribution is 0.0928. The van der Waals surface area contributed by atoms with Gasteiger partial charge in [-0.3, -0.25) is 10.1 Å². The molecule has 1 aromatic rings. The van der Waals surface area contributed by atoms with Crippen LogP contribution in [-0.4, -0.2) is 21.9 Å². The first-order chi connectivity index (χ1) is 8.30. The smallest absolute Gasteiger partial charge is 0.252 e. The average Bonchev–Trinajstić information content (AvgIpc) is 2.27. The Morgan fingerprint density at radius 2 is 1.72 bits per heavy atom. The molecule has 100 valence electrons. The highest BCUT2D eigenvalue weighted by atomic mass is 35.6. The molecular weight excluding hydrogens is 295 g/mol. The molecule has 0 radical (unpaired) electrons. The Hall–Kier alpha value is -0.480. The fourth-order valence-electron chi connectivity index (χ4n) is 1.36. The highest BCUT2D eigenvalue weighted by molar-refractivity contribution is 6.68. The topological polar surface area (TPSA) is 41.1 Å². The van der Waals surface area contributed by atoms with E-state index in [0.717, 1.165) is 0 Å². The van der Waals surface area contributed by atoms with Gasteiger partial charge in [0.2, 0.25) is 3.79 Å². The Morgan fingerprint density at radius 3 is 2.17 bits per heavy atom. The largest absolute Gasteiger partial charge is 0.333 e. The van der Waals surface area contributed by atoms with Gasteiger partial charge in [0.05, 0.1) is 0 Å². The van der Waals surface area contributed by atoms with Crippen molar-refractivity contribution in [3.05, 3.63) is 35.9 Å². The van der Waals surface area contributed by atoms with E-state index < -0.39 is 9.96 Å². The standard InChI is InChI=1S/C12H15Cl3N2O/c1-8(2)16-11(12(13,14)15)17-10(18)9-6-4-3-5-7-9/h3-8,11,16H,1-2H3,(H,17,18)/t11-/m0/s1. The minimum absolute atomic E-state index is 0.0710.